The van der Waals surface area contributed by atoms with Crippen LogP contribution in [0.2, 0.25) is 19.6 Å². The van der Waals surface area contributed by atoms with Crippen molar-refractivity contribution in [3.8, 4) is 5.75 Å². The van der Waals surface area contributed by atoms with Gasteiger partial charge in [-0.2, -0.15) is 5.10 Å². The van der Waals surface area contributed by atoms with Gasteiger partial charge in [-0.25, -0.2) is 9.67 Å². The first-order valence-corrected chi connectivity index (χ1v) is 10.1. The summed E-state index contributed by atoms with van der Waals surface area (Å²) in [6, 6.07) is 9.84. The first-order chi connectivity index (χ1) is 9.35. The Labute approximate surface area is 121 Å². The van der Waals surface area contributed by atoms with E-state index in [1.54, 1.807) is 4.68 Å². The number of hydrogen-bond acceptors (Lipinski definition) is 3. The molecule has 0 spiro atoms. The van der Waals surface area contributed by atoms with Gasteiger partial charge in [0.05, 0.1) is 5.69 Å². The highest BCUT2D eigenvalue weighted by Gasteiger charge is 2.18. The summed E-state index contributed by atoms with van der Waals surface area (Å²) in [4.78, 5) is 4.64. The summed E-state index contributed by atoms with van der Waals surface area (Å²) in [5.74, 6) is 1.67. The number of rotatable bonds is 3. The van der Waals surface area contributed by atoms with Crippen LogP contribution in [0.4, 0.5) is 5.69 Å². The van der Waals surface area contributed by atoms with E-state index in [0.29, 0.717) is 0 Å². The van der Waals surface area contributed by atoms with E-state index < -0.39 is 8.32 Å². The summed E-state index contributed by atoms with van der Waals surface area (Å²) in [6.07, 6.45) is 1.91. The fourth-order valence-electron chi connectivity index (χ4n) is 1.79. The Balaban J connectivity index is 2.33. The first-order valence-electron chi connectivity index (χ1n) is 6.71. The molecule has 0 saturated heterocycles. The molecule has 1 aromatic carbocycles. The molecule has 0 N–H and O–H groups in total. The molecule has 0 atom stereocenters. The van der Waals surface area contributed by atoms with Crippen LogP contribution in [0.5, 0.6) is 5.75 Å². The van der Waals surface area contributed by atoms with Crippen molar-refractivity contribution in [3.05, 3.63) is 42.2 Å². The van der Waals surface area contributed by atoms with E-state index in [0.717, 1.165) is 23.0 Å². The van der Waals surface area contributed by atoms with Crippen LogP contribution in [0.25, 0.3) is 0 Å². The average molecular weight is 287 g/mol. The molecule has 0 fully saturated rings. The maximum Gasteiger partial charge on any atom is 0.242 e. The number of aromatic nitrogens is 2. The van der Waals surface area contributed by atoms with Crippen molar-refractivity contribution in [1.82, 2.24) is 9.78 Å². The Morgan fingerprint density at radius 2 is 1.90 bits per heavy atom. The van der Waals surface area contributed by atoms with Crippen molar-refractivity contribution < 1.29 is 4.43 Å². The molecule has 2 aromatic rings. The van der Waals surface area contributed by atoms with E-state index in [4.69, 9.17) is 4.43 Å². The molecular weight excluding hydrogens is 266 g/mol. The fraction of sp³-hybridized carbons (Fsp3) is 0.333. The third-order valence-corrected chi connectivity index (χ3v) is 3.45. The highest BCUT2D eigenvalue weighted by atomic mass is 28.4. The lowest BCUT2D eigenvalue weighted by molar-refractivity contribution is 0.559. The second kappa shape index (κ2) is 5.62. The van der Waals surface area contributed by atoms with Crippen molar-refractivity contribution in [1.29, 1.82) is 0 Å². The van der Waals surface area contributed by atoms with Crippen molar-refractivity contribution in [2.24, 2.45) is 4.99 Å². The molecule has 4 nitrogen and oxygen atoms in total. The van der Waals surface area contributed by atoms with E-state index in [-0.39, 0.29) is 0 Å². The SMILES string of the molecule is CC(=Nc1ccccc1O[Si](C)(C)C)n1ccc(C)n1. The smallest absolute Gasteiger partial charge is 0.242 e. The molecule has 0 amide bonds. The minimum atomic E-state index is -1.65. The molecule has 2 rings (SSSR count). The molecule has 0 saturated carbocycles. The monoisotopic (exact) mass is 287 g/mol. The highest BCUT2D eigenvalue weighted by Crippen LogP contribution is 2.29. The minimum Gasteiger partial charge on any atom is -0.543 e. The van der Waals surface area contributed by atoms with E-state index in [2.05, 4.69) is 29.7 Å². The summed E-state index contributed by atoms with van der Waals surface area (Å²) in [7, 11) is -1.65. The molecule has 0 aliphatic heterocycles. The van der Waals surface area contributed by atoms with Gasteiger partial charge in [-0.15, -0.1) is 0 Å². The van der Waals surface area contributed by atoms with Gasteiger partial charge in [-0.3, -0.25) is 0 Å². The van der Waals surface area contributed by atoms with Gasteiger partial charge < -0.3 is 4.43 Å². The maximum absolute atomic E-state index is 6.08. The topological polar surface area (TPSA) is 39.4 Å². The summed E-state index contributed by atoms with van der Waals surface area (Å²) in [5, 5.41) is 4.36. The Morgan fingerprint density at radius 3 is 2.50 bits per heavy atom. The van der Waals surface area contributed by atoms with Crippen LogP contribution in [0.1, 0.15) is 12.6 Å². The largest absolute Gasteiger partial charge is 0.543 e. The lowest BCUT2D eigenvalue weighted by Crippen LogP contribution is -2.29. The van der Waals surface area contributed by atoms with Crippen LogP contribution in [0, 0.1) is 6.92 Å². The zero-order valence-electron chi connectivity index (χ0n) is 12.7. The predicted octanol–water partition coefficient (Wildman–Crippen LogP) is 4.00. The Hall–Kier alpha value is -1.88. The molecule has 1 aromatic heterocycles. The molecule has 5 heteroatoms. The van der Waals surface area contributed by atoms with Crippen LogP contribution in [0.3, 0.4) is 0 Å². The van der Waals surface area contributed by atoms with Gasteiger partial charge in [0.15, 0.2) is 0 Å². The molecule has 0 aliphatic rings. The fourth-order valence-corrected chi connectivity index (χ4v) is 2.62. The van der Waals surface area contributed by atoms with Crippen LogP contribution in [-0.2, 0) is 0 Å². The normalized spacial score (nSPS) is 12.6. The molecule has 106 valence electrons. The minimum absolute atomic E-state index is 0.824. The van der Waals surface area contributed by atoms with E-state index in [9.17, 15) is 0 Å². The van der Waals surface area contributed by atoms with Gasteiger partial charge in [0.1, 0.15) is 17.3 Å². The number of benzene rings is 1. The van der Waals surface area contributed by atoms with Crippen LogP contribution >= 0.6 is 0 Å². The zero-order chi connectivity index (χ0) is 14.8. The van der Waals surface area contributed by atoms with Gasteiger partial charge in [-0.05, 0) is 51.7 Å². The number of hydrogen-bond donors (Lipinski definition) is 0. The first kappa shape index (κ1) is 14.5. The van der Waals surface area contributed by atoms with Crippen molar-refractivity contribution in [3.63, 3.8) is 0 Å². The molecule has 0 bridgehead atoms. The quantitative estimate of drug-likeness (QED) is 0.486. The third-order valence-electron chi connectivity index (χ3n) is 2.62. The lowest BCUT2D eigenvalue weighted by Gasteiger charge is -2.20. The second-order valence-electron chi connectivity index (χ2n) is 5.74. The van der Waals surface area contributed by atoms with E-state index in [1.165, 1.54) is 0 Å². The van der Waals surface area contributed by atoms with Gasteiger partial charge in [-0.1, -0.05) is 12.1 Å². The van der Waals surface area contributed by atoms with Crippen molar-refractivity contribution in [2.75, 3.05) is 0 Å². The van der Waals surface area contributed by atoms with E-state index in [1.807, 2.05) is 50.4 Å². The summed E-state index contributed by atoms with van der Waals surface area (Å²) >= 11 is 0. The Morgan fingerprint density at radius 1 is 1.20 bits per heavy atom. The number of nitrogens with zero attached hydrogens (tertiary/aromatic N) is 3. The standard InChI is InChI=1S/C15H21N3OSi/c1-12-10-11-18(17-12)13(2)16-14-8-6-7-9-15(14)19-20(3,4)5/h6-11H,1-5H3. The number of aliphatic imine (C=N–C) groups is 1. The summed E-state index contributed by atoms with van der Waals surface area (Å²) in [5.41, 5.74) is 1.83. The third kappa shape index (κ3) is 3.80. The summed E-state index contributed by atoms with van der Waals surface area (Å²) < 4.78 is 7.86. The molecule has 20 heavy (non-hydrogen) atoms. The highest BCUT2D eigenvalue weighted by molar-refractivity contribution is 6.70. The molecular formula is C15H21N3OSi. The number of para-hydroxylation sites is 2. The van der Waals surface area contributed by atoms with Gasteiger partial charge in [0.25, 0.3) is 0 Å². The zero-order valence-corrected chi connectivity index (χ0v) is 13.7. The van der Waals surface area contributed by atoms with Crippen LogP contribution in [-0.4, -0.2) is 23.9 Å². The van der Waals surface area contributed by atoms with E-state index >= 15 is 0 Å². The molecule has 0 radical (unpaired) electrons. The second-order valence-corrected chi connectivity index (χ2v) is 10.2. The van der Waals surface area contributed by atoms with Gasteiger partial charge in [0, 0.05) is 6.20 Å². The Bertz CT molecular complexity index is 626. The molecule has 0 aliphatic carbocycles. The van der Waals surface area contributed by atoms with Gasteiger partial charge >= 0.3 is 0 Å². The average Bonchev–Trinajstić information content (AvgIpc) is 2.77. The van der Waals surface area contributed by atoms with Gasteiger partial charge in [0.2, 0.25) is 8.32 Å². The maximum atomic E-state index is 6.08. The van der Waals surface area contributed by atoms with Crippen molar-refractivity contribution in [2.45, 2.75) is 33.5 Å². The Kier molecular flexibility index (Phi) is 4.08. The summed E-state index contributed by atoms with van der Waals surface area (Å²) in [6.45, 7) is 10.4. The van der Waals surface area contributed by atoms with Crippen LogP contribution in [0.15, 0.2) is 41.5 Å². The lowest BCUT2D eigenvalue weighted by atomic mass is 10.3. The van der Waals surface area contributed by atoms with Crippen molar-refractivity contribution >= 4 is 19.8 Å². The van der Waals surface area contributed by atoms with Crippen LogP contribution < -0.4 is 4.43 Å². The molecule has 0 unspecified atom stereocenters. The number of aryl methyl sites for hydroxylation is 1. The molecule has 1 heterocycles. The predicted molar refractivity (Wildman–Crippen MR) is 85.5 cm³/mol.